The molecule has 0 aromatic heterocycles. The fraction of sp³-hybridized carbons (Fsp3) is 0.226. The lowest BCUT2D eigenvalue weighted by atomic mass is 9.78. The molecule has 4 aromatic carbocycles. The van der Waals surface area contributed by atoms with Gasteiger partial charge in [-0.25, -0.2) is 0 Å². The number of hydrogen-bond acceptors (Lipinski definition) is 0. The molecule has 162 valence electrons. The third kappa shape index (κ3) is 7.57. The highest BCUT2D eigenvalue weighted by Crippen LogP contribution is 2.30. The van der Waals surface area contributed by atoms with Gasteiger partial charge in [-0.05, 0) is 29.2 Å². The smallest absolute Gasteiger partial charge is 0.0146 e. The third-order valence-corrected chi connectivity index (χ3v) is 5.15. The predicted octanol–water partition coefficient (Wildman–Crippen LogP) is 9.34. The van der Waals surface area contributed by atoms with Crippen LogP contribution in [-0.2, 0) is 5.41 Å². The molecule has 0 heterocycles. The molecule has 0 aliphatic heterocycles. The zero-order valence-corrected chi connectivity index (χ0v) is 19.0. The Kier molecular flexibility index (Phi) is 11.1. The first-order valence-electron chi connectivity index (χ1n) is 10.8. The highest BCUT2D eigenvalue weighted by Gasteiger charge is 2.21. The Bertz CT molecular complexity index is 909. The molecule has 0 radical (unpaired) electrons. The summed E-state index contributed by atoms with van der Waals surface area (Å²) in [5.41, 5.74) is 6.67. The van der Waals surface area contributed by atoms with E-state index in [0.29, 0.717) is 0 Å². The average Bonchev–Trinajstić information content (AvgIpc) is 2.83. The highest BCUT2D eigenvalue weighted by atomic mass is 14.2. The molecule has 31 heavy (non-hydrogen) atoms. The van der Waals surface area contributed by atoms with E-state index in [0.717, 1.165) is 0 Å². The van der Waals surface area contributed by atoms with Crippen LogP contribution in [0.2, 0.25) is 0 Å². The summed E-state index contributed by atoms with van der Waals surface area (Å²) in [6.07, 6.45) is 0. The molecule has 0 amide bonds. The summed E-state index contributed by atoms with van der Waals surface area (Å²) in [6.45, 7) is 10.6. The lowest BCUT2D eigenvalue weighted by molar-refractivity contribution is 0.641. The van der Waals surface area contributed by atoms with Gasteiger partial charge in [-0.2, -0.15) is 0 Å². The maximum absolute atomic E-state index is 2.26. The summed E-state index contributed by atoms with van der Waals surface area (Å²) >= 11 is 0. The van der Waals surface area contributed by atoms with E-state index in [9.17, 15) is 0 Å². The van der Waals surface area contributed by atoms with Crippen LogP contribution in [0.4, 0.5) is 0 Å². The molecule has 0 aliphatic rings. The fourth-order valence-corrected chi connectivity index (χ4v) is 3.25. The van der Waals surface area contributed by atoms with Crippen LogP contribution in [0.3, 0.4) is 0 Å². The molecule has 0 fully saturated rings. The predicted molar refractivity (Wildman–Crippen MR) is 140 cm³/mol. The Labute approximate surface area is 190 Å². The zero-order chi connectivity index (χ0) is 21.8. The normalized spacial score (nSPS) is 9.84. The zero-order valence-electron chi connectivity index (χ0n) is 19.0. The van der Waals surface area contributed by atoms with Gasteiger partial charge in [0.15, 0.2) is 0 Å². The summed E-state index contributed by atoms with van der Waals surface area (Å²) in [6, 6.07) is 40.3. The van der Waals surface area contributed by atoms with E-state index in [1.165, 1.54) is 27.8 Å². The highest BCUT2D eigenvalue weighted by molar-refractivity contribution is 5.63. The quantitative estimate of drug-likeness (QED) is 0.315. The van der Waals surface area contributed by atoms with Gasteiger partial charge in [0.2, 0.25) is 0 Å². The summed E-state index contributed by atoms with van der Waals surface area (Å²) in [5, 5.41) is 0. The average molecular weight is 411 g/mol. The third-order valence-electron chi connectivity index (χ3n) is 5.15. The van der Waals surface area contributed by atoms with Crippen molar-refractivity contribution in [2.24, 2.45) is 0 Å². The first kappa shape index (κ1) is 25.9. The van der Waals surface area contributed by atoms with E-state index in [4.69, 9.17) is 0 Å². The molecule has 0 atom stereocenters. The van der Waals surface area contributed by atoms with Crippen LogP contribution in [-0.4, -0.2) is 0 Å². The lowest BCUT2D eigenvalue weighted by Gasteiger charge is -2.25. The van der Waals surface area contributed by atoms with Gasteiger partial charge in [-0.1, -0.05) is 156 Å². The molecule has 4 rings (SSSR count). The minimum absolute atomic E-state index is 0. The van der Waals surface area contributed by atoms with Crippen LogP contribution < -0.4 is 0 Å². The van der Waals surface area contributed by atoms with Gasteiger partial charge < -0.3 is 0 Å². The van der Waals surface area contributed by atoms with Crippen molar-refractivity contribution in [2.75, 3.05) is 0 Å². The topological polar surface area (TPSA) is 0 Å². The number of rotatable bonds is 3. The van der Waals surface area contributed by atoms with Crippen molar-refractivity contribution in [3.05, 3.63) is 132 Å². The van der Waals surface area contributed by atoms with E-state index in [1.54, 1.807) is 0 Å². The van der Waals surface area contributed by atoms with Gasteiger partial charge in [-0.3, -0.25) is 0 Å². The van der Waals surface area contributed by atoms with Gasteiger partial charge >= 0.3 is 0 Å². The minimum atomic E-state index is 0. The Morgan fingerprint density at radius 1 is 0.452 bits per heavy atom. The monoisotopic (exact) mass is 410 g/mol. The summed E-state index contributed by atoms with van der Waals surface area (Å²) < 4.78 is 0. The second kappa shape index (κ2) is 13.2. The second-order valence-corrected chi connectivity index (χ2v) is 7.59. The molecule has 0 spiro atoms. The number of hydrogen-bond donors (Lipinski definition) is 0. The van der Waals surface area contributed by atoms with Crippen LogP contribution in [0.5, 0.6) is 0 Å². The first-order valence-corrected chi connectivity index (χ1v) is 10.8. The second-order valence-electron chi connectivity index (χ2n) is 7.59. The largest absolute Gasteiger partial charge is 0.0776 e. The van der Waals surface area contributed by atoms with Crippen molar-refractivity contribution in [3.8, 4) is 11.1 Å². The number of aryl methyl sites for hydroxylation is 1. The van der Waals surface area contributed by atoms with E-state index in [1.807, 2.05) is 19.9 Å². The molecule has 0 bridgehead atoms. The van der Waals surface area contributed by atoms with Crippen LogP contribution in [0.15, 0.2) is 115 Å². The molecule has 0 saturated carbocycles. The van der Waals surface area contributed by atoms with Crippen molar-refractivity contribution in [3.63, 3.8) is 0 Å². The minimum Gasteiger partial charge on any atom is -0.0776 e. The maximum Gasteiger partial charge on any atom is 0.0146 e. The Morgan fingerprint density at radius 2 is 0.774 bits per heavy atom. The van der Waals surface area contributed by atoms with Crippen molar-refractivity contribution in [1.29, 1.82) is 0 Å². The van der Waals surface area contributed by atoms with Crippen LogP contribution in [0.25, 0.3) is 11.1 Å². The molecule has 0 aliphatic carbocycles. The fourth-order valence-electron chi connectivity index (χ4n) is 3.25. The van der Waals surface area contributed by atoms with Crippen molar-refractivity contribution >= 4 is 0 Å². The Balaban J connectivity index is 0.000000281. The van der Waals surface area contributed by atoms with Crippen molar-refractivity contribution in [2.45, 2.75) is 47.5 Å². The molecule has 4 aromatic rings. The van der Waals surface area contributed by atoms with Gasteiger partial charge in [-0.15, -0.1) is 0 Å². The van der Waals surface area contributed by atoms with Gasteiger partial charge in [0, 0.05) is 5.41 Å². The van der Waals surface area contributed by atoms with Crippen LogP contribution in [0.1, 0.15) is 51.8 Å². The molecular weight excluding hydrogens is 372 g/mol. The summed E-state index contributed by atoms with van der Waals surface area (Å²) in [7, 11) is 0. The lowest BCUT2D eigenvalue weighted by Crippen LogP contribution is -2.18. The molecular formula is C31H38. The Hall–Kier alpha value is -3.12. The summed E-state index contributed by atoms with van der Waals surface area (Å²) in [4.78, 5) is 0. The van der Waals surface area contributed by atoms with Gasteiger partial charge in [0.05, 0.1) is 0 Å². The van der Waals surface area contributed by atoms with Crippen molar-refractivity contribution < 1.29 is 0 Å². The SMILES string of the molecule is C.CC.CC(C)(c1ccccc1)c1ccccc1.Cc1ccc(-c2ccccc2)cc1. The molecule has 0 heteroatoms. The summed E-state index contributed by atoms with van der Waals surface area (Å²) in [5.74, 6) is 0. The Morgan fingerprint density at radius 3 is 1.16 bits per heavy atom. The standard InChI is InChI=1S/C15H16.C13H12.C2H6.CH4/c1-15(2,13-9-5-3-6-10-13)14-11-7-4-8-12-14;1-11-7-9-13(10-8-11)12-5-3-2-4-6-12;1-2;/h3-12H,1-2H3;2-10H,1H3;1-2H3;1H4. The van der Waals surface area contributed by atoms with Crippen LogP contribution in [0, 0.1) is 6.92 Å². The molecule has 0 N–H and O–H groups in total. The first-order chi connectivity index (χ1) is 14.6. The molecule has 0 nitrogen and oxygen atoms in total. The maximum atomic E-state index is 2.26. The van der Waals surface area contributed by atoms with Gasteiger partial charge in [0.1, 0.15) is 0 Å². The van der Waals surface area contributed by atoms with E-state index < -0.39 is 0 Å². The molecule has 0 saturated heterocycles. The van der Waals surface area contributed by atoms with Gasteiger partial charge in [0.25, 0.3) is 0 Å². The number of benzene rings is 4. The van der Waals surface area contributed by atoms with E-state index in [-0.39, 0.29) is 12.8 Å². The van der Waals surface area contributed by atoms with E-state index >= 15 is 0 Å². The molecule has 0 unspecified atom stereocenters. The van der Waals surface area contributed by atoms with Crippen LogP contribution >= 0.6 is 0 Å². The van der Waals surface area contributed by atoms with Crippen molar-refractivity contribution in [1.82, 2.24) is 0 Å². The van der Waals surface area contributed by atoms with E-state index in [2.05, 4.69) is 130 Å².